The maximum Gasteiger partial charge on any atom is 0.194 e. The highest BCUT2D eigenvalue weighted by atomic mass is 16.5. The lowest BCUT2D eigenvalue weighted by atomic mass is 10.2. The van der Waals surface area contributed by atoms with Crippen molar-refractivity contribution in [2.24, 2.45) is 4.99 Å². The first-order chi connectivity index (χ1) is 13.5. The van der Waals surface area contributed by atoms with Crippen molar-refractivity contribution in [3.05, 3.63) is 46.8 Å². The molecule has 2 rings (SSSR count). The highest BCUT2D eigenvalue weighted by Crippen LogP contribution is 2.15. The molecule has 0 aliphatic rings. The molecule has 0 saturated heterocycles. The zero-order valence-electron chi connectivity index (χ0n) is 18.0. The summed E-state index contributed by atoms with van der Waals surface area (Å²) in [6.45, 7) is 9.79. The Morgan fingerprint density at radius 3 is 2.54 bits per heavy atom. The van der Waals surface area contributed by atoms with Crippen molar-refractivity contribution in [1.29, 1.82) is 0 Å². The number of nitrogens with one attached hydrogen (secondary N) is 1. The molecule has 2 aromatic rings. The van der Waals surface area contributed by atoms with E-state index in [0.717, 1.165) is 42.7 Å². The van der Waals surface area contributed by atoms with Gasteiger partial charge in [0.2, 0.25) is 0 Å². The number of benzene rings is 1. The molecule has 0 atom stereocenters. The lowest BCUT2D eigenvalue weighted by Gasteiger charge is -2.22. The molecule has 0 aliphatic carbocycles. The smallest absolute Gasteiger partial charge is 0.194 e. The summed E-state index contributed by atoms with van der Waals surface area (Å²) in [6, 6.07) is 8.11. The molecule has 0 fully saturated rings. The van der Waals surface area contributed by atoms with Gasteiger partial charge in [-0.15, -0.1) is 0 Å². The van der Waals surface area contributed by atoms with Gasteiger partial charge in [0, 0.05) is 38.5 Å². The number of rotatable bonds is 9. The molecule has 0 amide bonds. The number of aliphatic imine (C=N–C) groups is 1. The van der Waals surface area contributed by atoms with Gasteiger partial charge in [-0.25, -0.2) is 4.99 Å². The minimum atomic E-state index is 0.597. The number of hydrogen-bond donors (Lipinski definition) is 1. The van der Waals surface area contributed by atoms with Crippen LogP contribution in [0.15, 0.2) is 29.3 Å². The van der Waals surface area contributed by atoms with E-state index in [2.05, 4.69) is 41.3 Å². The average molecular weight is 388 g/mol. The van der Waals surface area contributed by atoms with Crippen molar-refractivity contribution < 1.29 is 9.47 Å². The van der Waals surface area contributed by atoms with E-state index in [1.165, 1.54) is 11.1 Å². The first-order valence-corrected chi connectivity index (χ1v) is 9.64. The summed E-state index contributed by atoms with van der Waals surface area (Å²) in [5.74, 6) is 1.74. The predicted molar refractivity (Wildman–Crippen MR) is 113 cm³/mol. The zero-order valence-corrected chi connectivity index (χ0v) is 18.0. The standard InChI is InChI=1S/C21H33N5O2/c1-7-22-21(25(4)15-18-8-10-19(28-6)11-9-18)23-14-20-16(2)24-26(17(20)3)12-13-27-5/h8-11H,7,12-15H2,1-6H3,(H,22,23). The van der Waals surface area contributed by atoms with Crippen molar-refractivity contribution in [3.8, 4) is 5.75 Å². The van der Waals surface area contributed by atoms with Gasteiger partial charge in [0.05, 0.1) is 32.5 Å². The summed E-state index contributed by atoms with van der Waals surface area (Å²) in [5, 5.41) is 8.00. The first kappa shape index (κ1) is 21.8. The zero-order chi connectivity index (χ0) is 20.5. The summed E-state index contributed by atoms with van der Waals surface area (Å²) >= 11 is 0. The highest BCUT2D eigenvalue weighted by molar-refractivity contribution is 5.79. The van der Waals surface area contributed by atoms with E-state index in [1.54, 1.807) is 14.2 Å². The van der Waals surface area contributed by atoms with Crippen LogP contribution in [0.25, 0.3) is 0 Å². The monoisotopic (exact) mass is 387 g/mol. The quantitative estimate of drug-likeness (QED) is 0.529. The van der Waals surface area contributed by atoms with Gasteiger partial charge in [0.1, 0.15) is 5.75 Å². The third-order valence-corrected chi connectivity index (χ3v) is 4.70. The molecule has 0 unspecified atom stereocenters. The van der Waals surface area contributed by atoms with Crippen LogP contribution in [0.5, 0.6) is 5.75 Å². The van der Waals surface area contributed by atoms with Gasteiger partial charge in [-0.05, 0) is 38.5 Å². The molecule has 28 heavy (non-hydrogen) atoms. The third kappa shape index (κ3) is 5.73. The Bertz CT molecular complexity index is 768. The number of hydrogen-bond acceptors (Lipinski definition) is 4. The Hall–Kier alpha value is -2.54. The molecule has 1 aromatic carbocycles. The average Bonchev–Trinajstić information content (AvgIpc) is 2.97. The van der Waals surface area contributed by atoms with Crippen molar-refractivity contribution >= 4 is 5.96 Å². The lowest BCUT2D eigenvalue weighted by Crippen LogP contribution is -2.38. The van der Waals surface area contributed by atoms with E-state index in [1.807, 2.05) is 30.8 Å². The molecule has 1 heterocycles. The van der Waals surface area contributed by atoms with E-state index >= 15 is 0 Å². The first-order valence-electron chi connectivity index (χ1n) is 9.64. The van der Waals surface area contributed by atoms with Crippen molar-refractivity contribution in [2.45, 2.75) is 40.4 Å². The summed E-state index contributed by atoms with van der Waals surface area (Å²) in [5.41, 5.74) is 4.54. The lowest BCUT2D eigenvalue weighted by molar-refractivity contribution is 0.182. The van der Waals surface area contributed by atoms with Crippen LogP contribution in [-0.2, 0) is 24.4 Å². The SMILES string of the molecule is CCNC(=NCc1c(C)nn(CCOC)c1C)N(C)Cc1ccc(OC)cc1. The van der Waals surface area contributed by atoms with E-state index in [4.69, 9.17) is 14.5 Å². The number of nitrogens with zero attached hydrogens (tertiary/aromatic N) is 4. The van der Waals surface area contributed by atoms with E-state index in [0.29, 0.717) is 13.2 Å². The number of methoxy groups -OCH3 is 2. The van der Waals surface area contributed by atoms with Crippen LogP contribution >= 0.6 is 0 Å². The van der Waals surface area contributed by atoms with Crippen LogP contribution in [0.4, 0.5) is 0 Å². The van der Waals surface area contributed by atoms with Crippen LogP contribution < -0.4 is 10.1 Å². The van der Waals surface area contributed by atoms with Crippen LogP contribution in [-0.4, -0.2) is 55.1 Å². The fraction of sp³-hybridized carbons (Fsp3) is 0.524. The second-order valence-corrected chi connectivity index (χ2v) is 6.74. The van der Waals surface area contributed by atoms with E-state index < -0.39 is 0 Å². The molecule has 154 valence electrons. The van der Waals surface area contributed by atoms with Crippen LogP contribution in [0.2, 0.25) is 0 Å². The number of aryl methyl sites for hydroxylation is 1. The van der Waals surface area contributed by atoms with Crippen LogP contribution in [0.1, 0.15) is 29.4 Å². The Morgan fingerprint density at radius 2 is 1.93 bits per heavy atom. The Kier molecular flexibility index (Phi) is 8.32. The minimum Gasteiger partial charge on any atom is -0.497 e. The molecule has 0 radical (unpaired) electrons. The Balaban J connectivity index is 2.11. The van der Waals surface area contributed by atoms with Gasteiger partial charge in [-0.3, -0.25) is 4.68 Å². The number of aromatic nitrogens is 2. The fourth-order valence-electron chi connectivity index (χ4n) is 3.06. The molecule has 1 N–H and O–H groups in total. The van der Waals surface area contributed by atoms with Crippen LogP contribution in [0.3, 0.4) is 0 Å². The third-order valence-electron chi connectivity index (χ3n) is 4.70. The molecule has 0 bridgehead atoms. The largest absolute Gasteiger partial charge is 0.497 e. The molecule has 7 heteroatoms. The van der Waals surface area contributed by atoms with Crippen molar-refractivity contribution in [2.75, 3.05) is 34.4 Å². The molecular weight excluding hydrogens is 354 g/mol. The summed E-state index contributed by atoms with van der Waals surface area (Å²) in [7, 11) is 5.43. The second kappa shape index (κ2) is 10.7. The van der Waals surface area contributed by atoms with Crippen LogP contribution in [0, 0.1) is 13.8 Å². The maximum atomic E-state index is 5.23. The normalized spacial score (nSPS) is 11.6. The summed E-state index contributed by atoms with van der Waals surface area (Å²) in [6.07, 6.45) is 0. The highest BCUT2D eigenvalue weighted by Gasteiger charge is 2.12. The van der Waals surface area contributed by atoms with E-state index in [-0.39, 0.29) is 0 Å². The van der Waals surface area contributed by atoms with Gasteiger partial charge in [0.25, 0.3) is 0 Å². The molecular formula is C21H33N5O2. The van der Waals surface area contributed by atoms with Gasteiger partial charge < -0.3 is 19.7 Å². The fourth-order valence-corrected chi connectivity index (χ4v) is 3.06. The van der Waals surface area contributed by atoms with Gasteiger partial charge >= 0.3 is 0 Å². The van der Waals surface area contributed by atoms with Gasteiger partial charge in [0.15, 0.2) is 5.96 Å². The van der Waals surface area contributed by atoms with Crippen molar-refractivity contribution in [3.63, 3.8) is 0 Å². The van der Waals surface area contributed by atoms with E-state index in [9.17, 15) is 0 Å². The predicted octanol–water partition coefficient (Wildman–Crippen LogP) is 2.75. The summed E-state index contributed by atoms with van der Waals surface area (Å²) < 4.78 is 12.4. The Labute approximate surface area is 168 Å². The topological polar surface area (TPSA) is 63.9 Å². The molecule has 7 nitrogen and oxygen atoms in total. The maximum absolute atomic E-state index is 5.23. The summed E-state index contributed by atoms with van der Waals surface area (Å²) in [4.78, 5) is 6.98. The molecule has 0 aliphatic heterocycles. The molecule has 0 saturated carbocycles. The Morgan fingerprint density at radius 1 is 1.21 bits per heavy atom. The molecule has 0 spiro atoms. The minimum absolute atomic E-state index is 0.597. The van der Waals surface area contributed by atoms with Gasteiger partial charge in [-0.1, -0.05) is 12.1 Å². The van der Waals surface area contributed by atoms with Gasteiger partial charge in [-0.2, -0.15) is 5.10 Å². The molecule has 1 aromatic heterocycles. The number of ether oxygens (including phenoxy) is 2. The second-order valence-electron chi connectivity index (χ2n) is 6.74. The van der Waals surface area contributed by atoms with Crippen molar-refractivity contribution in [1.82, 2.24) is 20.0 Å². The number of guanidine groups is 1.